The number of rotatable bonds is 4. The van der Waals surface area contributed by atoms with E-state index in [-0.39, 0.29) is 11.9 Å². The lowest BCUT2D eigenvalue weighted by atomic mass is 10.1. The number of benzene rings is 1. The largest absolute Gasteiger partial charge is 0.343 e. The number of aromatic nitrogens is 2. The molecule has 0 fully saturated rings. The minimum atomic E-state index is -0.565. The number of hydrogen-bond donors (Lipinski definition) is 1. The SMILES string of the molecule is CCc1ccc([C@@H](C)NC(=O)c2ncc(F)cn2)cc1. The van der Waals surface area contributed by atoms with Crippen LogP contribution in [-0.4, -0.2) is 15.9 Å². The molecule has 1 N–H and O–H groups in total. The molecule has 4 nitrogen and oxygen atoms in total. The zero-order valence-electron chi connectivity index (χ0n) is 11.4. The van der Waals surface area contributed by atoms with Crippen molar-refractivity contribution in [2.24, 2.45) is 0 Å². The molecular weight excluding hydrogens is 257 g/mol. The maximum atomic E-state index is 12.7. The van der Waals surface area contributed by atoms with E-state index in [1.54, 1.807) is 0 Å². The Hall–Kier alpha value is -2.30. The lowest BCUT2D eigenvalue weighted by Gasteiger charge is -2.14. The molecule has 1 atom stereocenters. The number of amides is 1. The first-order chi connectivity index (χ1) is 9.60. The summed E-state index contributed by atoms with van der Waals surface area (Å²) < 4.78 is 12.7. The molecule has 104 valence electrons. The lowest BCUT2D eigenvalue weighted by molar-refractivity contribution is 0.0929. The minimum absolute atomic E-state index is 0.0385. The monoisotopic (exact) mass is 273 g/mol. The second kappa shape index (κ2) is 6.23. The molecule has 0 aliphatic rings. The molecule has 1 aromatic carbocycles. The molecule has 0 saturated heterocycles. The summed E-state index contributed by atoms with van der Waals surface area (Å²) in [6.07, 6.45) is 2.93. The van der Waals surface area contributed by atoms with Gasteiger partial charge in [0.25, 0.3) is 5.91 Å². The predicted molar refractivity (Wildman–Crippen MR) is 73.7 cm³/mol. The molecule has 0 unspecified atom stereocenters. The maximum absolute atomic E-state index is 12.7. The summed E-state index contributed by atoms with van der Waals surface area (Å²) >= 11 is 0. The van der Waals surface area contributed by atoms with Gasteiger partial charge in [0.05, 0.1) is 18.4 Å². The molecule has 0 bridgehead atoms. The van der Waals surface area contributed by atoms with Gasteiger partial charge in [-0.15, -0.1) is 0 Å². The predicted octanol–water partition coefficient (Wildman–Crippen LogP) is 2.67. The van der Waals surface area contributed by atoms with E-state index in [2.05, 4.69) is 22.2 Å². The Morgan fingerprint density at radius 3 is 2.40 bits per heavy atom. The van der Waals surface area contributed by atoms with Crippen molar-refractivity contribution in [2.45, 2.75) is 26.3 Å². The molecule has 2 rings (SSSR count). The molecule has 0 saturated carbocycles. The number of aryl methyl sites for hydroxylation is 1. The van der Waals surface area contributed by atoms with E-state index in [0.717, 1.165) is 24.4 Å². The number of nitrogens with zero attached hydrogens (tertiary/aromatic N) is 2. The van der Waals surface area contributed by atoms with Gasteiger partial charge in [0.2, 0.25) is 5.82 Å². The Labute approximate surface area is 117 Å². The van der Waals surface area contributed by atoms with Gasteiger partial charge in [-0.25, -0.2) is 14.4 Å². The molecule has 2 aromatic rings. The summed E-state index contributed by atoms with van der Waals surface area (Å²) in [7, 11) is 0. The van der Waals surface area contributed by atoms with E-state index in [0.29, 0.717) is 0 Å². The smallest absolute Gasteiger partial charge is 0.289 e. The molecule has 5 heteroatoms. The normalized spacial score (nSPS) is 11.9. The van der Waals surface area contributed by atoms with Crippen molar-refractivity contribution in [2.75, 3.05) is 0 Å². The third kappa shape index (κ3) is 3.38. The van der Waals surface area contributed by atoms with Crippen LogP contribution in [0, 0.1) is 5.82 Å². The summed E-state index contributed by atoms with van der Waals surface area (Å²) in [4.78, 5) is 19.2. The van der Waals surface area contributed by atoms with E-state index in [4.69, 9.17) is 0 Å². The third-order valence-electron chi connectivity index (χ3n) is 3.06. The molecule has 1 aromatic heterocycles. The van der Waals surface area contributed by atoms with Gasteiger partial charge in [0, 0.05) is 0 Å². The Balaban J connectivity index is 2.04. The zero-order valence-corrected chi connectivity index (χ0v) is 11.4. The molecule has 0 aliphatic carbocycles. The Kier molecular flexibility index (Phi) is 4.40. The van der Waals surface area contributed by atoms with Crippen LogP contribution in [0.25, 0.3) is 0 Å². The average molecular weight is 273 g/mol. The summed E-state index contributed by atoms with van der Waals surface area (Å²) in [5.41, 5.74) is 2.24. The highest BCUT2D eigenvalue weighted by Crippen LogP contribution is 2.14. The van der Waals surface area contributed by atoms with E-state index in [1.807, 2.05) is 31.2 Å². The molecule has 0 aliphatic heterocycles. The van der Waals surface area contributed by atoms with Gasteiger partial charge >= 0.3 is 0 Å². The Morgan fingerprint density at radius 1 is 1.25 bits per heavy atom. The summed E-state index contributed by atoms with van der Waals surface area (Å²) in [5.74, 6) is -1.02. The van der Waals surface area contributed by atoms with Crippen LogP contribution in [0.3, 0.4) is 0 Å². The van der Waals surface area contributed by atoms with Crippen molar-refractivity contribution in [1.82, 2.24) is 15.3 Å². The van der Waals surface area contributed by atoms with Crippen molar-refractivity contribution in [1.29, 1.82) is 0 Å². The van der Waals surface area contributed by atoms with Crippen LogP contribution in [0.2, 0.25) is 0 Å². The second-order valence-corrected chi connectivity index (χ2v) is 4.52. The van der Waals surface area contributed by atoms with E-state index >= 15 is 0 Å². The molecule has 0 spiro atoms. The quantitative estimate of drug-likeness (QED) is 0.931. The fraction of sp³-hybridized carbons (Fsp3) is 0.267. The van der Waals surface area contributed by atoms with Crippen LogP contribution < -0.4 is 5.32 Å². The number of carbonyl (C=O) groups is 1. The highest BCUT2D eigenvalue weighted by Gasteiger charge is 2.13. The molecule has 0 radical (unpaired) electrons. The van der Waals surface area contributed by atoms with Gasteiger partial charge in [-0.2, -0.15) is 0 Å². The number of halogens is 1. The zero-order chi connectivity index (χ0) is 14.5. The van der Waals surface area contributed by atoms with Crippen LogP contribution in [0.4, 0.5) is 4.39 Å². The van der Waals surface area contributed by atoms with E-state index in [1.165, 1.54) is 5.56 Å². The van der Waals surface area contributed by atoms with E-state index < -0.39 is 11.7 Å². The summed E-state index contributed by atoms with van der Waals surface area (Å²) in [6, 6.07) is 7.87. The fourth-order valence-electron chi connectivity index (χ4n) is 1.82. The second-order valence-electron chi connectivity index (χ2n) is 4.52. The molecule has 20 heavy (non-hydrogen) atoms. The highest BCUT2D eigenvalue weighted by molar-refractivity contribution is 5.90. The number of nitrogens with one attached hydrogen (secondary N) is 1. The third-order valence-corrected chi connectivity index (χ3v) is 3.06. The van der Waals surface area contributed by atoms with Crippen LogP contribution in [0.5, 0.6) is 0 Å². The van der Waals surface area contributed by atoms with Crippen LogP contribution in [-0.2, 0) is 6.42 Å². The topological polar surface area (TPSA) is 54.9 Å². The summed E-state index contributed by atoms with van der Waals surface area (Å²) in [6.45, 7) is 3.97. The minimum Gasteiger partial charge on any atom is -0.343 e. The lowest BCUT2D eigenvalue weighted by Crippen LogP contribution is -2.28. The van der Waals surface area contributed by atoms with Crippen molar-refractivity contribution in [3.05, 3.63) is 59.4 Å². The standard InChI is InChI=1S/C15H16FN3O/c1-3-11-4-6-12(7-5-11)10(2)19-15(20)14-17-8-13(16)9-18-14/h4-10H,3H2,1-2H3,(H,19,20)/t10-/m1/s1. The first kappa shape index (κ1) is 14.1. The van der Waals surface area contributed by atoms with Gasteiger partial charge in [0.15, 0.2) is 5.82 Å². The van der Waals surface area contributed by atoms with Gasteiger partial charge in [-0.1, -0.05) is 31.2 Å². The summed E-state index contributed by atoms with van der Waals surface area (Å²) in [5, 5.41) is 2.78. The molecule has 1 heterocycles. The van der Waals surface area contributed by atoms with E-state index in [9.17, 15) is 9.18 Å². The first-order valence-electron chi connectivity index (χ1n) is 6.47. The maximum Gasteiger partial charge on any atom is 0.289 e. The van der Waals surface area contributed by atoms with Gasteiger partial charge in [0.1, 0.15) is 0 Å². The molecular formula is C15H16FN3O. The first-order valence-corrected chi connectivity index (χ1v) is 6.47. The van der Waals surface area contributed by atoms with Gasteiger partial charge in [-0.3, -0.25) is 4.79 Å². The Bertz CT molecular complexity index is 581. The van der Waals surface area contributed by atoms with Gasteiger partial charge < -0.3 is 5.32 Å². The number of carbonyl (C=O) groups excluding carboxylic acids is 1. The van der Waals surface area contributed by atoms with Crippen molar-refractivity contribution >= 4 is 5.91 Å². The van der Waals surface area contributed by atoms with Crippen LogP contribution >= 0.6 is 0 Å². The van der Waals surface area contributed by atoms with Crippen LogP contribution in [0.1, 0.15) is 41.6 Å². The average Bonchev–Trinajstić information content (AvgIpc) is 2.48. The van der Waals surface area contributed by atoms with Gasteiger partial charge in [-0.05, 0) is 24.5 Å². The van der Waals surface area contributed by atoms with Crippen molar-refractivity contribution < 1.29 is 9.18 Å². The molecule has 1 amide bonds. The van der Waals surface area contributed by atoms with Crippen molar-refractivity contribution in [3.63, 3.8) is 0 Å². The Morgan fingerprint density at radius 2 is 1.85 bits per heavy atom. The highest BCUT2D eigenvalue weighted by atomic mass is 19.1. The van der Waals surface area contributed by atoms with Crippen LogP contribution in [0.15, 0.2) is 36.7 Å². The fourth-order valence-corrected chi connectivity index (χ4v) is 1.82. The van der Waals surface area contributed by atoms with Crippen molar-refractivity contribution in [3.8, 4) is 0 Å². The number of hydrogen-bond acceptors (Lipinski definition) is 3.